The van der Waals surface area contributed by atoms with Crippen molar-refractivity contribution in [2.24, 2.45) is 0 Å². The molecule has 1 aromatic carbocycles. The van der Waals surface area contributed by atoms with Gasteiger partial charge in [0.05, 0.1) is 6.10 Å². The fourth-order valence-corrected chi connectivity index (χ4v) is 0.816. The summed E-state index contributed by atoms with van der Waals surface area (Å²) < 4.78 is 24.9. The van der Waals surface area contributed by atoms with Gasteiger partial charge in [-0.3, -0.25) is 0 Å². The van der Waals surface area contributed by atoms with Gasteiger partial charge in [-0.1, -0.05) is 0 Å². The van der Waals surface area contributed by atoms with E-state index in [1.54, 1.807) is 0 Å². The van der Waals surface area contributed by atoms with E-state index >= 15 is 0 Å². The minimum Gasteiger partial charge on any atom is -0.389 e. The molecule has 0 fully saturated rings. The van der Waals surface area contributed by atoms with Gasteiger partial charge in [0.1, 0.15) is 11.6 Å². The highest BCUT2D eigenvalue weighted by molar-refractivity contribution is 5.19. The molecule has 0 aliphatic heterocycles. The van der Waals surface area contributed by atoms with Crippen molar-refractivity contribution < 1.29 is 13.9 Å². The first kappa shape index (κ1) is 8.14. The van der Waals surface area contributed by atoms with Crippen LogP contribution in [0.4, 0.5) is 8.78 Å². The van der Waals surface area contributed by atoms with Crippen molar-refractivity contribution in [1.82, 2.24) is 0 Å². The van der Waals surface area contributed by atoms with E-state index in [-0.39, 0.29) is 5.56 Å². The van der Waals surface area contributed by atoms with Crippen molar-refractivity contribution in [1.29, 1.82) is 0 Å². The summed E-state index contributed by atoms with van der Waals surface area (Å²) in [6.45, 7) is 1.45. The average molecular weight is 158 g/mol. The number of halogens is 2. The van der Waals surface area contributed by atoms with Crippen molar-refractivity contribution in [2.75, 3.05) is 0 Å². The average Bonchev–Trinajstić information content (AvgIpc) is 1.85. The predicted molar refractivity (Wildman–Crippen MR) is 37.0 cm³/mol. The number of benzene rings is 1. The number of hydrogen-bond acceptors (Lipinski definition) is 1. The van der Waals surface area contributed by atoms with Gasteiger partial charge in [-0.05, 0) is 24.6 Å². The molecule has 60 valence electrons. The zero-order valence-electron chi connectivity index (χ0n) is 6.01. The Morgan fingerprint density at radius 1 is 1.18 bits per heavy atom. The molecule has 11 heavy (non-hydrogen) atoms. The van der Waals surface area contributed by atoms with E-state index in [4.69, 9.17) is 5.11 Å². The van der Waals surface area contributed by atoms with Crippen molar-refractivity contribution in [3.8, 4) is 0 Å². The maximum absolute atomic E-state index is 12.4. The standard InChI is InChI=1S/C8H8F2O/c1-5(11)6-2-7(9)4-8(10)3-6/h2-5,11H,1H3. The van der Waals surface area contributed by atoms with E-state index < -0.39 is 17.7 Å². The molecular formula is C8H8F2O. The van der Waals surface area contributed by atoms with E-state index in [2.05, 4.69) is 0 Å². The molecule has 1 unspecified atom stereocenters. The molecule has 1 nitrogen and oxygen atoms in total. The van der Waals surface area contributed by atoms with Crippen LogP contribution >= 0.6 is 0 Å². The van der Waals surface area contributed by atoms with E-state index in [0.29, 0.717) is 0 Å². The van der Waals surface area contributed by atoms with Crippen LogP contribution < -0.4 is 0 Å². The van der Waals surface area contributed by atoms with E-state index in [1.165, 1.54) is 6.92 Å². The van der Waals surface area contributed by atoms with Crippen molar-refractivity contribution in [2.45, 2.75) is 13.0 Å². The first-order valence-corrected chi connectivity index (χ1v) is 3.23. The topological polar surface area (TPSA) is 20.2 Å². The maximum Gasteiger partial charge on any atom is 0.126 e. The van der Waals surface area contributed by atoms with Gasteiger partial charge >= 0.3 is 0 Å². The third-order valence-corrected chi connectivity index (χ3v) is 1.37. The molecule has 0 radical (unpaired) electrons. The molecule has 0 spiro atoms. The molecule has 0 saturated carbocycles. The Morgan fingerprint density at radius 3 is 2.00 bits per heavy atom. The van der Waals surface area contributed by atoms with Gasteiger partial charge in [-0.25, -0.2) is 8.78 Å². The monoisotopic (exact) mass is 158 g/mol. The van der Waals surface area contributed by atoms with Gasteiger partial charge in [0, 0.05) is 6.07 Å². The predicted octanol–water partition coefficient (Wildman–Crippen LogP) is 2.02. The molecule has 1 N–H and O–H groups in total. The smallest absolute Gasteiger partial charge is 0.126 e. The second-order valence-corrected chi connectivity index (χ2v) is 2.38. The summed E-state index contributed by atoms with van der Waals surface area (Å²) in [5, 5.41) is 8.94. The van der Waals surface area contributed by atoms with Crippen molar-refractivity contribution in [3.05, 3.63) is 35.4 Å². The number of aliphatic hydroxyl groups is 1. The lowest BCUT2D eigenvalue weighted by molar-refractivity contribution is 0.198. The molecule has 0 aromatic heterocycles. The van der Waals surface area contributed by atoms with Crippen LogP contribution in [0.1, 0.15) is 18.6 Å². The van der Waals surface area contributed by atoms with Crippen LogP contribution in [-0.2, 0) is 0 Å². The second-order valence-electron chi connectivity index (χ2n) is 2.38. The lowest BCUT2D eigenvalue weighted by Crippen LogP contribution is -1.93. The molecule has 0 aliphatic carbocycles. The van der Waals surface area contributed by atoms with Crippen LogP contribution in [0.15, 0.2) is 18.2 Å². The summed E-state index contributed by atoms with van der Waals surface area (Å²) in [5.41, 5.74) is 0.252. The molecule has 0 bridgehead atoms. The zero-order valence-corrected chi connectivity index (χ0v) is 6.01. The summed E-state index contributed by atoms with van der Waals surface area (Å²) in [4.78, 5) is 0. The van der Waals surface area contributed by atoms with Crippen molar-refractivity contribution in [3.63, 3.8) is 0 Å². The molecule has 0 amide bonds. The first-order valence-electron chi connectivity index (χ1n) is 3.23. The molecule has 0 saturated heterocycles. The van der Waals surface area contributed by atoms with Crippen LogP contribution in [-0.4, -0.2) is 5.11 Å². The first-order chi connectivity index (χ1) is 5.09. The normalized spacial score (nSPS) is 13.1. The highest BCUT2D eigenvalue weighted by Gasteiger charge is 2.04. The van der Waals surface area contributed by atoms with Gasteiger partial charge < -0.3 is 5.11 Å². The third kappa shape index (κ3) is 1.98. The van der Waals surface area contributed by atoms with Crippen LogP contribution in [0.2, 0.25) is 0 Å². The highest BCUT2D eigenvalue weighted by atomic mass is 19.1. The van der Waals surface area contributed by atoms with Crippen LogP contribution in [0, 0.1) is 11.6 Å². The van der Waals surface area contributed by atoms with Crippen LogP contribution in [0.5, 0.6) is 0 Å². The fourth-order valence-electron chi connectivity index (χ4n) is 0.816. The van der Waals surface area contributed by atoms with E-state index in [1.807, 2.05) is 0 Å². The Morgan fingerprint density at radius 2 is 1.64 bits per heavy atom. The minimum atomic E-state index is -0.833. The molecule has 1 rings (SSSR count). The maximum atomic E-state index is 12.4. The summed E-state index contributed by atoms with van der Waals surface area (Å²) >= 11 is 0. The van der Waals surface area contributed by atoms with Gasteiger partial charge in [0.15, 0.2) is 0 Å². The Kier molecular flexibility index (Phi) is 2.19. The summed E-state index contributed by atoms with van der Waals surface area (Å²) in [5.74, 6) is -1.33. The number of aliphatic hydroxyl groups excluding tert-OH is 1. The zero-order chi connectivity index (χ0) is 8.43. The molecule has 0 aliphatic rings. The second kappa shape index (κ2) is 2.96. The highest BCUT2D eigenvalue weighted by Crippen LogP contribution is 2.14. The molecular weight excluding hydrogens is 150 g/mol. The van der Waals surface area contributed by atoms with Gasteiger partial charge in [0.2, 0.25) is 0 Å². The Balaban J connectivity index is 3.08. The van der Waals surface area contributed by atoms with Gasteiger partial charge in [0.25, 0.3) is 0 Å². The molecule has 0 heterocycles. The third-order valence-electron chi connectivity index (χ3n) is 1.37. The minimum absolute atomic E-state index is 0.252. The van der Waals surface area contributed by atoms with E-state index in [0.717, 1.165) is 18.2 Å². The molecule has 1 atom stereocenters. The lowest BCUT2D eigenvalue weighted by Gasteiger charge is -2.03. The lowest BCUT2D eigenvalue weighted by atomic mass is 10.1. The number of hydrogen-bond donors (Lipinski definition) is 1. The van der Waals surface area contributed by atoms with Gasteiger partial charge in [-0.2, -0.15) is 0 Å². The largest absolute Gasteiger partial charge is 0.389 e. The number of rotatable bonds is 1. The summed E-state index contributed by atoms with van der Waals surface area (Å²) in [7, 11) is 0. The Bertz CT molecular complexity index is 238. The van der Waals surface area contributed by atoms with Crippen molar-refractivity contribution >= 4 is 0 Å². The van der Waals surface area contributed by atoms with E-state index in [9.17, 15) is 8.78 Å². The quantitative estimate of drug-likeness (QED) is 0.662. The summed E-state index contributed by atoms with van der Waals surface area (Å²) in [6, 6.07) is 2.98. The Hall–Kier alpha value is -0.960. The van der Waals surface area contributed by atoms with Crippen LogP contribution in [0.3, 0.4) is 0 Å². The molecule has 1 aromatic rings. The fraction of sp³-hybridized carbons (Fsp3) is 0.250. The van der Waals surface area contributed by atoms with Gasteiger partial charge in [-0.15, -0.1) is 0 Å². The SMILES string of the molecule is CC(O)c1cc(F)cc(F)c1. The Labute approximate surface area is 63.3 Å². The summed E-state index contributed by atoms with van der Waals surface area (Å²) in [6.07, 6.45) is -0.833. The van der Waals surface area contributed by atoms with Crippen LogP contribution in [0.25, 0.3) is 0 Å². The molecule has 3 heteroatoms.